The van der Waals surface area contributed by atoms with Crippen molar-refractivity contribution < 1.29 is 14.7 Å². The van der Waals surface area contributed by atoms with Gasteiger partial charge in [-0.1, -0.05) is 6.07 Å². The van der Waals surface area contributed by atoms with Gasteiger partial charge < -0.3 is 5.11 Å². The number of carboxylic acids is 1. The Bertz CT molecular complexity index is 638. The second-order valence-electron chi connectivity index (χ2n) is 3.85. The van der Waals surface area contributed by atoms with Crippen LogP contribution in [0.3, 0.4) is 0 Å². The van der Waals surface area contributed by atoms with E-state index >= 15 is 0 Å². The maximum Gasteiger partial charge on any atom is 0.313 e. The summed E-state index contributed by atoms with van der Waals surface area (Å²) in [6.45, 7) is 0. The summed E-state index contributed by atoms with van der Waals surface area (Å²) in [6, 6.07) is 5.75. The first-order chi connectivity index (χ1) is 9.02. The van der Waals surface area contributed by atoms with Crippen molar-refractivity contribution in [1.82, 2.24) is 4.98 Å². The summed E-state index contributed by atoms with van der Waals surface area (Å²) in [5.74, 6) is -1.97. The highest BCUT2D eigenvalue weighted by atomic mass is 32.2. The number of fused-ring (bicyclic) bond motifs is 1. The van der Waals surface area contributed by atoms with E-state index in [4.69, 9.17) is 0 Å². The number of thiazole rings is 1. The van der Waals surface area contributed by atoms with Crippen molar-refractivity contribution in [2.45, 2.75) is 17.2 Å². The van der Waals surface area contributed by atoms with Crippen LogP contribution in [-0.4, -0.2) is 27.4 Å². The SMILES string of the molecule is CSc1cccc2sc(C(CC(=O)S)C(=O)O)nc12. The monoisotopic (exact) mass is 313 g/mol. The topological polar surface area (TPSA) is 67.3 Å². The number of para-hydroxylation sites is 1. The standard InChI is InChI=1S/C12H11NO3S3/c1-18-7-3-2-4-8-10(7)13-11(19-8)6(12(15)16)5-9(14)17/h2-4,6H,5H2,1H3,(H,14,17)(H,15,16). The zero-order valence-electron chi connectivity index (χ0n) is 9.99. The highest BCUT2D eigenvalue weighted by molar-refractivity contribution is 7.98. The number of thiol groups is 1. The van der Waals surface area contributed by atoms with Gasteiger partial charge in [-0.2, -0.15) is 0 Å². The maximum atomic E-state index is 11.2. The van der Waals surface area contributed by atoms with Crippen molar-refractivity contribution in [3.05, 3.63) is 23.2 Å². The van der Waals surface area contributed by atoms with E-state index in [1.165, 1.54) is 11.3 Å². The first-order valence-corrected chi connectivity index (χ1v) is 7.89. The minimum absolute atomic E-state index is 0.146. The number of rotatable bonds is 5. The molecule has 7 heteroatoms. The van der Waals surface area contributed by atoms with Crippen LogP contribution in [0.15, 0.2) is 23.1 Å². The molecule has 0 aliphatic heterocycles. The van der Waals surface area contributed by atoms with Gasteiger partial charge in [0.2, 0.25) is 0 Å². The second-order valence-corrected chi connectivity index (χ2v) is 6.26. The van der Waals surface area contributed by atoms with E-state index in [0.717, 1.165) is 15.1 Å². The lowest BCUT2D eigenvalue weighted by Crippen LogP contribution is -2.13. The average molecular weight is 313 g/mol. The van der Waals surface area contributed by atoms with Gasteiger partial charge in [0.15, 0.2) is 5.12 Å². The van der Waals surface area contributed by atoms with Crippen molar-refractivity contribution in [3.8, 4) is 0 Å². The lowest BCUT2D eigenvalue weighted by molar-refractivity contribution is -0.139. The number of aliphatic carboxylic acids is 1. The van der Waals surface area contributed by atoms with Gasteiger partial charge in [0, 0.05) is 11.3 Å². The van der Waals surface area contributed by atoms with E-state index < -0.39 is 17.0 Å². The normalized spacial score (nSPS) is 12.5. The number of aromatic nitrogens is 1. The Morgan fingerprint density at radius 1 is 1.53 bits per heavy atom. The number of hydrogen-bond donors (Lipinski definition) is 2. The van der Waals surface area contributed by atoms with Crippen molar-refractivity contribution >= 4 is 57.0 Å². The Balaban J connectivity index is 2.49. The Morgan fingerprint density at radius 3 is 2.84 bits per heavy atom. The van der Waals surface area contributed by atoms with Crippen LogP contribution in [-0.2, 0) is 9.59 Å². The number of carboxylic acid groups (broad SMARTS) is 1. The molecule has 1 unspecified atom stereocenters. The van der Waals surface area contributed by atoms with Crippen molar-refractivity contribution in [1.29, 1.82) is 0 Å². The molecular formula is C12H11NO3S3. The van der Waals surface area contributed by atoms with Crippen LogP contribution in [0.1, 0.15) is 17.3 Å². The summed E-state index contributed by atoms with van der Waals surface area (Å²) in [5, 5.41) is 9.21. The quantitative estimate of drug-likeness (QED) is 0.656. The van der Waals surface area contributed by atoms with Gasteiger partial charge in [0.1, 0.15) is 10.9 Å². The molecular weight excluding hydrogens is 302 g/mol. The Hall–Kier alpha value is -1.05. The van der Waals surface area contributed by atoms with E-state index in [-0.39, 0.29) is 6.42 Å². The molecule has 0 radical (unpaired) electrons. The predicted molar refractivity (Wildman–Crippen MR) is 80.4 cm³/mol. The molecule has 0 spiro atoms. The molecule has 0 saturated heterocycles. The van der Waals surface area contributed by atoms with Gasteiger partial charge >= 0.3 is 5.97 Å². The summed E-state index contributed by atoms with van der Waals surface area (Å²) in [7, 11) is 0. The Kier molecular flexibility index (Phi) is 4.49. The first kappa shape index (κ1) is 14.4. The molecule has 100 valence electrons. The van der Waals surface area contributed by atoms with Crippen LogP contribution in [0, 0.1) is 0 Å². The van der Waals surface area contributed by atoms with Gasteiger partial charge in [-0.25, -0.2) is 4.98 Å². The van der Waals surface area contributed by atoms with Crippen LogP contribution in [0.5, 0.6) is 0 Å². The van der Waals surface area contributed by atoms with E-state index in [9.17, 15) is 14.7 Å². The molecule has 0 fully saturated rings. The minimum Gasteiger partial charge on any atom is -0.481 e. The summed E-state index contributed by atoms with van der Waals surface area (Å²) in [6.07, 6.45) is 1.80. The molecule has 0 bridgehead atoms. The second kappa shape index (κ2) is 5.94. The minimum atomic E-state index is -1.05. The fourth-order valence-electron chi connectivity index (χ4n) is 1.71. The number of carbonyl (C=O) groups is 2. The van der Waals surface area contributed by atoms with Gasteiger partial charge in [0.25, 0.3) is 0 Å². The lowest BCUT2D eigenvalue weighted by Gasteiger charge is -2.05. The zero-order chi connectivity index (χ0) is 14.0. The molecule has 1 N–H and O–H groups in total. The van der Waals surface area contributed by atoms with Crippen LogP contribution < -0.4 is 0 Å². The Morgan fingerprint density at radius 2 is 2.26 bits per heavy atom. The van der Waals surface area contributed by atoms with Gasteiger partial charge in [-0.15, -0.1) is 35.7 Å². The third kappa shape index (κ3) is 3.10. The fraction of sp³-hybridized carbons (Fsp3) is 0.250. The first-order valence-electron chi connectivity index (χ1n) is 5.41. The largest absolute Gasteiger partial charge is 0.481 e. The van der Waals surface area contributed by atoms with Gasteiger partial charge in [0.05, 0.1) is 10.2 Å². The smallest absolute Gasteiger partial charge is 0.313 e. The number of hydrogen-bond acceptors (Lipinski definition) is 5. The molecule has 0 saturated carbocycles. The highest BCUT2D eigenvalue weighted by Gasteiger charge is 2.26. The van der Waals surface area contributed by atoms with Crippen LogP contribution in [0.4, 0.5) is 0 Å². The number of carbonyl (C=O) groups excluding carboxylic acids is 1. The fourth-order valence-corrected chi connectivity index (χ4v) is 3.61. The molecule has 1 atom stereocenters. The highest BCUT2D eigenvalue weighted by Crippen LogP contribution is 2.34. The molecule has 4 nitrogen and oxygen atoms in total. The summed E-state index contributed by atoms with van der Waals surface area (Å²) in [5.41, 5.74) is 0.799. The molecule has 0 aliphatic carbocycles. The molecule has 19 heavy (non-hydrogen) atoms. The molecule has 0 amide bonds. The van der Waals surface area contributed by atoms with E-state index in [1.54, 1.807) is 11.8 Å². The van der Waals surface area contributed by atoms with Crippen molar-refractivity contribution in [3.63, 3.8) is 0 Å². The average Bonchev–Trinajstić information content (AvgIpc) is 2.78. The van der Waals surface area contributed by atoms with Crippen molar-refractivity contribution in [2.24, 2.45) is 0 Å². The van der Waals surface area contributed by atoms with Gasteiger partial charge in [-0.3, -0.25) is 9.59 Å². The van der Waals surface area contributed by atoms with Gasteiger partial charge in [-0.05, 0) is 18.4 Å². The van der Waals surface area contributed by atoms with E-state index in [1.807, 2.05) is 24.5 Å². The van der Waals surface area contributed by atoms with Crippen LogP contribution in [0.25, 0.3) is 10.2 Å². The lowest BCUT2D eigenvalue weighted by atomic mass is 10.1. The predicted octanol–water partition coefficient (Wildman–Crippen LogP) is 3.03. The van der Waals surface area contributed by atoms with E-state index in [0.29, 0.717) is 5.01 Å². The van der Waals surface area contributed by atoms with Crippen molar-refractivity contribution in [2.75, 3.05) is 6.26 Å². The molecule has 0 aliphatic rings. The maximum absolute atomic E-state index is 11.2. The van der Waals surface area contributed by atoms with Crippen LogP contribution >= 0.6 is 35.7 Å². The molecule has 1 aromatic carbocycles. The third-order valence-electron chi connectivity index (χ3n) is 2.59. The summed E-state index contributed by atoms with van der Waals surface area (Å²) < 4.78 is 0.930. The molecule has 2 aromatic rings. The zero-order valence-corrected chi connectivity index (χ0v) is 12.5. The summed E-state index contributed by atoms with van der Waals surface area (Å²) >= 11 is 6.53. The summed E-state index contributed by atoms with van der Waals surface area (Å²) in [4.78, 5) is 27.7. The number of thioether (sulfide) groups is 1. The van der Waals surface area contributed by atoms with E-state index in [2.05, 4.69) is 17.6 Å². The molecule has 1 aromatic heterocycles. The number of nitrogens with zero attached hydrogens (tertiary/aromatic N) is 1. The Labute approximate surface area is 123 Å². The molecule has 1 heterocycles. The van der Waals surface area contributed by atoms with Crippen LogP contribution in [0.2, 0.25) is 0 Å². The molecule has 2 rings (SSSR count). The third-order valence-corrected chi connectivity index (χ3v) is 4.68. The number of benzene rings is 1.